The number of nitrogens with zero attached hydrogens (tertiary/aromatic N) is 5. The van der Waals surface area contributed by atoms with Crippen molar-refractivity contribution in [3.63, 3.8) is 0 Å². The Morgan fingerprint density at radius 1 is 1.12 bits per heavy atom. The van der Waals surface area contributed by atoms with Crippen LogP contribution in [0.3, 0.4) is 0 Å². The summed E-state index contributed by atoms with van der Waals surface area (Å²) < 4.78 is 1.68. The van der Waals surface area contributed by atoms with Gasteiger partial charge in [-0.05, 0) is 38.2 Å². The smallest absolute Gasteiger partial charge is 0.317 e. The zero-order valence-electron chi connectivity index (χ0n) is 19.1. The van der Waals surface area contributed by atoms with Gasteiger partial charge in [-0.3, -0.25) is 4.79 Å². The molecule has 1 aromatic carbocycles. The molecule has 1 aliphatic heterocycles. The molecule has 0 radical (unpaired) electrons. The number of amides is 2. The van der Waals surface area contributed by atoms with E-state index in [4.69, 9.17) is 4.98 Å². The molecule has 2 aliphatic rings. The predicted molar refractivity (Wildman–Crippen MR) is 125 cm³/mol. The number of rotatable bonds is 4. The number of carbonyl (C=O) groups excluding carboxylic acids is 1. The van der Waals surface area contributed by atoms with Crippen LogP contribution in [0.2, 0.25) is 0 Å². The van der Waals surface area contributed by atoms with E-state index in [2.05, 4.69) is 32.7 Å². The van der Waals surface area contributed by atoms with E-state index < -0.39 is 0 Å². The number of hydrogen-bond donors (Lipinski definition) is 2. The number of aryl methyl sites for hydroxylation is 1. The second kappa shape index (κ2) is 9.33. The summed E-state index contributed by atoms with van der Waals surface area (Å²) in [6, 6.07) is 8.47. The van der Waals surface area contributed by atoms with Crippen LogP contribution in [0, 0.1) is 6.92 Å². The SMILES string of the molecule is Cc1ccc(Cn2nnc3c(=O)[nH]c(C4CCCN(C(=O)NC5CCCCC5)C4)nc32)cc1. The van der Waals surface area contributed by atoms with Crippen molar-refractivity contribution in [1.82, 2.24) is 35.2 Å². The molecule has 9 nitrogen and oxygen atoms in total. The van der Waals surface area contributed by atoms with Gasteiger partial charge in [0.2, 0.25) is 0 Å². The highest BCUT2D eigenvalue weighted by Gasteiger charge is 2.28. The minimum absolute atomic E-state index is 0.00102. The fraction of sp³-hybridized carbons (Fsp3) is 0.542. The van der Waals surface area contributed by atoms with Crippen molar-refractivity contribution in [3.8, 4) is 0 Å². The zero-order valence-corrected chi connectivity index (χ0v) is 19.1. The molecule has 2 aromatic heterocycles. The number of aromatic amines is 1. The van der Waals surface area contributed by atoms with Crippen LogP contribution >= 0.6 is 0 Å². The maximum absolute atomic E-state index is 12.9. The zero-order chi connectivity index (χ0) is 22.8. The summed E-state index contributed by atoms with van der Waals surface area (Å²) in [5.41, 5.74) is 2.70. The second-order valence-electron chi connectivity index (χ2n) is 9.43. The van der Waals surface area contributed by atoms with Crippen LogP contribution in [0.4, 0.5) is 4.79 Å². The summed E-state index contributed by atoms with van der Waals surface area (Å²) in [6.45, 7) is 3.82. The van der Waals surface area contributed by atoms with E-state index in [0.29, 0.717) is 24.6 Å². The molecule has 0 spiro atoms. The van der Waals surface area contributed by atoms with Crippen LogP contribution in [0.1, 0.15) is 67.8 Å². The lowest BCUT2D eigenvalue weighted by Gasteiger charge is -2.34. The average molecular weight is 450 g/mol. The first kappa shape index (κ1) is 21.6. The molecule has 2 fully saturated rings. The summed E-state index contributed by atoms with van der Waals surface area (Å²) in [7, 11) is 0. The van der Waals surface area contributed by atoms with Crippen molar-refractivity contribution in [2.45, 2.75) is 70.4 Å². The fourth-order valence-electron chi connectivity index (χ4n) is 4.95. The van der Waals surface area contributed by atoms with E-state index >= 15 is 0 Å². The van der Waals surface area contributed by atoms with Gasteiger partial charge in [0.05, 0.1) is 6.54 Å². The molecule has 9 heteroatoms. The highest BCUT2D eigenvalue weighted by molar-refractivity contribution is 5.74. The maximum Gasteiger partial charge on any atom is 0.317 e. The quantitative estimate of drug-likeness (QED) is 0.636. The number of nitrogens with one attached hydrogen (secondary N) is 2. The molecule has 3 aromatic rings. The van der Waals surface area contributed by atoms with Crippen LogP contribution in [-0.2, 0) is 6.54 Å². The summed E-state index contributed by atoms with van der Waals surface area (Å²) in [5.74, 6) is 0.589. The molecule has 174 valence electrons. The van der Waals surface area contributed by atoms with E-state index in [-0.39, 0.29) is 29.1 Å². The summed E-state index contributed by atoms with van der Waals surface area (Å²) in [6.07, 6.45) is 7.51. The van der Waals surface area contributed by atoms with Gasteiger partial charge < -0.3 is 15.2 Å². The van der Waals surface area contributed by atoms with Crippen molar-refractivity contribution >= 4 is 17.2 Å². The standard InChI is InChI=1S/C24H31N7O2/c1-16-9-11-17(12-10-16)14-31-22-20(28-29-31)23(32)27-21(26-22)18-6-5-13-30(15-18)24(33)25-19-7-3-2-4-8-19/h9-12,18-19H,2-8,13-15H2,1H3,(H,25,33)(H,26,27,32). The molecular formula is C24H31N7O2. The third-order valence-corrected chi connectivity index (χ3v) is 6.87. The Morgan fingerprint density at radius 3 is 2.70 bits per heavy atom. The molecule has 0 bridgehead atoms. The van der Waals surface area contributed by atoms with E-state index in [9.17, 15) is 9.59 Å². The van der Waals surface area contributed by atoms with Crippen molar-refractivity contribution in [3.05, 3.63) is 51.6 Å². The van der Waals surface area contributed by atoms with Gasteiger partial charge in [0.1, 0.15) is 5.82 Å². The molecule has 1 saturated carbocycles. The Hall–Kier alpha value is -3.23. The van der Waals surface area contributed by atoms with Crippen molar-refractivity contribution < 1.29 is 4.79 Å². The van der Waals surface area contributed by atoms with Gasteiger partial charge in [-0.1, -0.05) is 54.3 Å². The lowest BCUT2D eigenvalue weighted by atomic mass is 9.95. The summed E-state index contributed by atoms with van der Waals surface area (Å²) in [4.78, 5) is 35.1. The van der Waals surface area contributed by atoms with Crippen LogP contribution in [-0.4, -0.2) is 55.0 Å². The molecule has 33 heavy (non-hydrogen) atoms. The molecule has 2 amide bonds. The Labute approximate surface area is 192 Å². The number of likely N-dealkylation sites (tertiary alicyclic amines) is 1. The van der Waals surface area contributed by atoms with Crippen LogP contribution < -0.4 is 10.9 Å². The lowest BCUT2D eigenvalue weighted by Crippen LogP contribution is -2.48. The molecule has 5 rings (SSSR count). The minimum atomic E-state index is -0.283. The normalized spacial score (nSPS) is 19.7. The molecule has 1 saturated heterocycles. The second-order valence-corrected chi connectivity index (χ2v) is 9.43. The third kappa shape index (κ3) is 4.77. The first-order valence-corrected chi connectivity index (χ1v) is 12.0. The molecule has 3 heterocycles. The summed E-state index contributed by atoms with van der Waals surface area (Å²) >= 11 is 0. The Morgan fingerprint density at radius 2 is 1.91 bits per heavy atom. The van der Waals surface area contributed by atoms with Crippen molar-refractivity contribution in [2.24, 2.45) is 0 Å². The van der Waals surface area contributed by atoms with Crippen LogP contribution in [0.5, 0.6) is 0 Å². The largest absolute Gasteiger partial charge is 0.335 e. The number of benzene rings is 1. The first-order valence-electron chi connectivity index (χ1n) is 12.0. The Kier molecular flexibility index (Phi) is 6.11. The van der Waals surface area contributed by atoms with E-state index in [0.717, 1.165) is 37.8 Å². The van der Waals surface area contributed by atoms with E-state index in [1.165, 1.54) is 24.8 Å². The number of urea groups is 1. The first-order chi connectivity index (χ1) is 16.1. The Bertz CT molecular complexity index is 1180. The maximum atomic E-state index is 12.9. The van der Waals surface area contributed by atoms with Gasteiger partial charge in [-0.2, -0.15) is 0 Å². The van der Waals surface area contributed by atoms with Gasteiger partial charge in [0.15, 0.2) is 11.2 Å². The van der Waals surface area contributed by atoms with Crippen molar-refractivity contribution in [2.75, 3.05) is 13.1 Å². The monoisotopic (exact) mass is 449 g/mol. The van der Waals surface area contributed by atoms with Gasteiger partial charge >= 0.3 is 6.03 Å². The predicted octanol–water partition coefficient (Wildman–Crippen LogP) is 3.09. The average Bonchev–Trinajstić information content (AvgIpc) is 3.24. The third-order valence-electron chi connectivity index (χ3n) is 6.87. The highest BCUT2D eigenvalue weighted by atomic mass is 16.2. The van der Waals surface area contributed by atoms with Gasteiger partial charge in [0.25, 0.3) is 5.56 Å². The fourth-order valence-corrected chi connectivity index (χ4v) is 4.95. The number of H-pyrrole nitrogens is 1. The van der Waals surface area contributed by atoms with Gasteiger partial charge in [0, 0.05) is 25.0 Å². The van der Waals surface area contributed by atoms with Crippen LogP contribution in [0.15, 0.2) is 29.1 Å². The minimum Gasteiger partial charge on any atom is -0.335 e. The van der Waals surface area contributed by atoms with E-state index in [1.807, 2.05) is 24.0 Å². The van der Waals surface area contributed by atoms with Crippen molar-refractivity contribution in [1.29, 1.82) is 0 Å². The molecule has 1 unspecified atom stereocenters. The van der Waals surface area contributed by atoms with E-state index in [1.54, 1.807) is 4.68 Å². The topological polar surface area (TPSA) is 109 Å². The van der Waals surface area contributed by atoms with Crippen LogP contribution in [0.25, 0.3) is 11.2 Å². The molecule has 1 atom stereocenters. The number of aromatic nitrogens is 5. The number of carbonyl (C=O) groups is 1. The van der Waals surface area contributed by atoms with Gasteiger partial charge in [-0.25, -0.2) is 14.5 Å². The number of fused-ring (bicyclic) bond motifs is 1. The number of hydrogen-bond acceptors (Lipinski definition) is 5. The lowest BCUT2D eigenvalue weighted by molar-refractivity contribution is 0.171. The number of piperidine rings is 1. The Balaban J connectivity index is 1.34. The molecule has 2 N–H and O–H groups in total. The molecular weight excluding hydrogens is 418 g/mol. The molecule has 1 aliphatic carbocycles. The highest BCUT2D eigenvalue weighted by Crippen LogP contribution is 2.25. The summed E-state index contributed by atoms with van der Waals surface area (Å²) in [5, 5.41) is 11.4. The van der Waals surface area contributed by atoms with Gasteiger partial charge in [-0.15, -0.1) is 5.10 Å².